The number of anilines is 1. The lowest BCUT2D eigenvalue weighted by molar-refractivity contribution is 0.250. The normalized spacial score (nSPS) is 16.0. The monoisotopic (exact) mass is 365 g/mol. The van der Waals surface area contributed by atoms with Gasteiger partial charge in [0, 0.05) is 44.5 Å². The number of hydrogen-bond donors (Lipinski definition) is 0. The zero-order valence-electron chi connectivity index (χ0n) is 14.5. The molecule has 0 atom stereocenters. The largest absolute Gasteiger partial charge is 0.354 e. The fourth-order valence-electron chi connectivity index (χ4n) is 3.58. The van der Waals surface area contributed by atoms with Crippen LogP contribution in [0.2, 0.25) is 0 Å². The van der Waals surface area contributed by atoms with Crippen LogP contribution in [0.15, 0.2) is 36.1 Å². The van der Waals surface area contributed by atoms with Crippen LogP contribution >= 0.6 is 11.3 Å². The van der Waals surface area contributed by atoms with E-state index in [0.29, 0.717) is 5.78 Å². The summed E-state index contributed by atoms with van der Waals surface area (Å²) in [6.07, 6.45) is 1.57. The van der Waals surface area contributed by atoms with E-state index in [1.807, 2.05) is 16.9 Å². The molecule has 0 bridgehead atoms. The Bertz CT molecular complexity index is 1060. The summed E-state index contributed by atoms with van der Waals surface area (Å²) in [6.45, 7) is 6.96. The van der Waals surface area contributed by atoms with Crippen molar-refractivity contribution >= 4 is 33.1 Å². The molecule has 1 saturated heterocycles. The lowest BCUT2D eigenvalue weighted by atomic mass is 10.2. The second-order valence-electron chi connectivity index (χ2n) is 6.61. The Hall–Kier alpha value is -2.58. The summed E-state index contributed by atoms with van der Waals surface area (Å²) in [6, 6.07) is 8.50. The van der Waals surface area contributed by atoms with E-state index in [2.05, 4.69) is 54.1 Å². The first-order valence-corrected chi connectivity index (χ1v) is 9.62. The average Bonchev–Trinajstić information content (AvgIpc) is 3.31. The van der Waals surface area contributed by atoms with Crippen molar-refractivity contribution in [1.29, 1.82) is 0 Å². The molecule has 8 heteroatoms. The Labute approximate surface area is 154 Å². The Morgan fingerprint density at radius 1 is 1.12 bits per heavy atom. The SMILES string of the molecule is Cc1cc(N2CCN(Cc3cccc4ncsc34)CC2)n2ncnc2n1. The maximum absolute atomic E-state index is 4.43. The van der Waals surface area contributed by atoms with Crippen LogP contribution < -0.4 is 4.90 Å². The molecule has 0 N–H and O–H groups in total. The van der Waals surface area contributed by atoms with E-state index in [-0.39, 0.29) is 0 Å². The van der Waals surface area contributed by atoms with Crippen LogP contribution in [0.4, 0.5) is 5.82 Å². The maximum Gasteiger partial charge on any atom is 0.254 e. The van der Waals surface area contributed by atoms with Crippen LogP contribution in [0.1, 0.15) is 11.3 Å². The number of benzene rings is 1. The van der Waals surface area contributed by atoms with Gasteiger partial charge < -0.3 is 4.90 Å². The second-order valence-corrected chi connectivity index (χ2v) is 7.46. The van der Waals surface area contributed by atoms with Crippen LogP contribution in [0.25, 0.3) is 16.0 Å². The van der Waals surface area contributed by atoms with E-state index < -0.39 is 0 Å². The van der Waals surface area contributed by atoms with Gasteiger partial charge in [-0.05, 0) is 18.6 Å². The molecule has 0 aliphatic carbocycles. The Morgan fingerprint density at radius 2 is 2.00 bits per heavy atom. The minimum absolute atomic E-state index is 0.666. The highest BCUT2D eigenvalue weighted by atomic mass is 32.1. The fourth-order valence-corrected chi connectivity index (χ4v) is 4.38. The number of aromatic nitrogens is 5. The summed E-state index contributed by atoms with van der Waals surface area (Å²) in [5.41, 5.74) is 5.38. The molecule has 7 nitrogen and oxygen atoms in total. The predicted molar refractivity (Wildman–Crippen MR) is 103 cm³/mol. The standard InChI is InChI=1S/C18H19N7S/c1-13-9-16(25-18(22-13)19-11-21-25)24-7-5-23(6-8-24)10-14-3-2-4-15-17(14)26-12-20-15/h2-4,9,11-12H,5-8,10H2,1H3. The molecule has 26 heavy (non-hydrogen) atoms. The van der Waals surface area contributed by atoms with Gasteiger partial charge in [0.15, 0.2) is 0 Å². The fraction of sp³-hybridized carbons (Fsp3) is 0.333. The molecule has 5 rings (SSSR count). The van der Waals surface area contributed by atoms with Gasteiger partial charge in [0.1, 0.15) is 12.1 Å². The summed E-state index contributed by atoms with van der Waals surface area (Å²) in [7, 11) is 0. The van der Waals surface area contributed by atoms with Gasteiger partial charge in [0.2, 0.25) is 0 Å². The first kappa shape index (κ1) is 15.7. The molecule has 0 radical (unpaired) electrons. The number of nitrogens with zero attached hydrogens (tertiary/aromatic N) is 7. The average molecular weight is 365 g/mol. The van der Waals surface area contributed by atoms with Crippen LogP contribution in [0.5, 0.6) is 0 Å². The van der Waals surface area contributed by atoms with Gasteiger partial charge in [-0.2, -0.15) is 14.6 Å². The van der Waals surface area contributed by atoms with E-state index in [4.69, 9.17) is 0 Å². The summed E-state index contributed by atoms with van der Waals surface area (Å²) in [4.78, 5) is 18.0. The number of piperazine rings is 1. The molecule has 132 valence electrons. The zero-order chi connectivity index (χ0) is 17.5. The van der Waals surface area contributed by atoms with Gasteiger partial charge in [-0.1, -0.05) is 12.1 Å². The molecule has 4 aromatic rings. The van der Waals surface area contributed by atoms with Crippen molar-refractivity contribution in [2.75, 3.05) is 31.1 Å². The van der Waals surface area contributed by atoms with Crippen LogP contribution in [-0.4, -0.2) is 55.6 Å². The second kappa shape index (κ2) is 6.30. The molecular formula is C18H19N7S. The molecule has 1 fully saturated rings. The van der Waals surface area contributed by atoms with Crippen LogP contribution in [-0.2, 0) is 6.54 Å². The minimum atomic E-state index is 0.666. The lowest BCUT2D eigenvalue weighted by Crippen LogP contribution is -2.46. The smallest absolute Gasteiger partial charge is 0.254 e. The molecule has 0 spiro atoms. The van der Waals surface area contributed by atoms with Crippen molar-refractivity contribution in [2.45, 2.75) is 13.5 Å². The molecule has 1 aliphatic heterocycles. The van der Waals surface area contributed by atoms with Crippen molar-refractivity contribution in [1.82, 2.24) is 29.5 Å². The summed E-state index contributed by atoms with van der Waals surface area (Å²) in [5.74, 6) is 1.74. The minimum Gasteiger partial charge on any atom is -0.354 e. The number of rotatable bonds is 3. The van der Waals surface area contributed by atoms with Gasteiger partial charge in [-0.25, -0.2) is 9.97 Å². The highest BCUT2D eigenvalue weighted by molar-refractivity contribution is 7.16. The highest BCUT2D eigenvalue weighted by Crippen LogP contribution is 2.24. The lowest BCUT2D eigenvalue weighted by Gasteiger charge is -2.36. The van der Waals surface area contributed by atoms with E-state index in [1.54, 1.807) is 17.7 Å². The molecule has 1 aliphatic rings. The highest BCUT2D eigenvalue weighted by Gasteiger charge is 2.21. The summed E-state index contributed by atoms with van der Waals surface area (Å²) < 4.78 is 3.14. The van der Waals surface area contributed by atoms with Gasteiger partial charge in [0.25, 0.3) is 5.78 Å². The van der Waals surface area contributed by atoms with Crippen LogP contribution in [0, 0.1) is 6.92 Å². The van der Waals surface area contributed by atoms with Gasteiger partial charge in [-0.15, -0.1) is 11.3 Å². The quantitative estimate of drug-likeness (QED) is 0.555. The predicted octanol–water partition coefficient (Wildman–Crippen LogP) is 2.36. The molecule has 3 aromatic heterocycles. The molecule has 0 unspecified atom stereocenters. The number of aryl methyl sites for hydroxylation is 1. The van der Waals surface area contributed by atoms with Crippen molar-refractivity contribution < 1.29 is 0 Å². The molecule has 0 saturated carbocycles. The van der Waals surface area contributed by atoms with Gasteiger partial charge in [0.05, 0.1) is 15.7 Å². The number of hydrogen-bond acceptors (Lipinski definition) is 7. The van der Waals surface area contributed by atoms with E-state index in [9.17, 15) is 0 Å². The number of fused-ring (bicyclic) bond motifs is 2. The van der Waals surface area contributed by atoms with Crippen molar-refractivity contribution in [3.8, 4) is 0 Å². The maximum atomic E-state index is 4.43. The third kappa shape index (κ3) is 2.71. The Balaban J connectivity index is 1.33. The molecule has 0 amide bonds. The third-order valence-electron chi connectivity index (χ3n) is 4.89. The molecular weight excluding hydrogens is 346 g/mol. The van der Waals surface area contributed by atoms with E-state index in [1.165, 1.54) is 10.3 Å². The summed E-state index contributed by atoms with van der Waals surface area (Å²) >= 11 is 1.73. The summed E-state index contributed by atoms with van der Waals surface area (Å²) in [5, 5.41) is 4.33. The topological polar surface area (TPSA) is 62.5 Å². The molecule has 4 heterocycles. The first-order valence-electron chi connectivity index (χ1n) is 8.74. The van der Waals surface area contributed by atoms with E-state index >= 15 is 0 Å². The van der Waals surface area contributed by atoms with E-state index in [0.717, 1.165) is 49.8 Å². The Morgan fingerprint density at radius 3 is 2.88 bits per heavy atom. The zero-order valence-corrected chi connectivity index (χ0v) is 15.4. The van der Waals surface area contributed by atoms with Crippen molar-refractivity contribution in [2.24, 2.45) is 0 Å². The van der Waals surface area contributed by atoms with Gasteiger partial charge in [-0.3, -0.25) is 4.90 Å². The van der Waals surface area contributed by atoms with Crippen molar-refractivity contribution in [3.05, 3.63) is 47.4 Å². The number of thiazole rings is 1. The van der Waals surface area contributed by atoms with Crippen LogP contribution in [0.3, 0.4) is 0 Å². The Kier molecular flexibility index (Phi) is 3.79. The van der Waals surface area contributed by atoms with Gasteiger partial charge >= 0.3 is 0 Å². The van der Waals surface area contributed by atoms with Crippen molar-refractivity contribution in [3.63, 3.8) is 0 Å². The first-order chi connectivity index (χ1) is 12.8. The third-order valence-corrected chi connectivity index (χ3v) is 5.81. The molecule has 1 aromatic carbocycles.